The summed E-state index contributed by atoms with van der Waals surface area (Å²) in [6.07, 6.45) is 2.15. The number of nitrogens with one attached hydrogen (secondary N) is 1. The van der Waals surface area contributed by atoms with Crippen LogP contribution in [0.1, 0.15) is 18.3 Å². The maximum atomic E-state index is 12.1. The first-order valence-corrected chi connectivity index (χ1v) is 11.5. The Labute approximate surface area is 200 Å². The number of aryl methyl sites for hydroxylation is 1. The van der Waals surface area contributed by atoms with E-state index in [-0.39, 0.29) is 11.1 Å². The molecular formula is C25H22N4O4S. The minimum atomic E-state index is -0.786. The Morgan fingerprint density at radius 2 is 1.85 bits per heavy atom. The van der Waals surface area contributed by atoms with Crippen LogP contribution in [0.5, 0.6) is 17.4 Å². The highest BCUT2D eigenvalue weighted by Gasteiger charge is 2.43. The first-order chi connectivity index (χ1) is 16.4. The summed E-state index contributed by atoms with van der Waals surface area (Å²) in [4.78, 5) is 32.4. The molecular weight excluding hydrogens is 452 g/mol. The van der Waals surface area contributed by atoms with Gasteiger partial charge in [-0.1, -0.05) is 18.2 Å². The molecule has 1 atom stereocenters. The van der Waals surface area contributed by atoms with Crippen molar-refractivity contribution >= 4 is 33.9 Å². The fourth-order valence-corrected chi connectivity index (χ4v) is 4.73. The molecule has 2 aromatic carbocycles. The lowest BCUT2D eigenvalue weighted by molar-refractivity contribution is -0.121. The monoisotopic (exact) mass is 474 g/mol. The van der Waals surface area contributed by atoms with Crippen molar-refractivity contribution in [3.05, 3.63) is 78.2 Å². The van der Waals surface area contributed by atoms with Crippen molar-refractivity contribution < 1.29 is 19.1 Å². The van der Waals surface area contributed by atoms with Gasteiger partial charge < -0.3 is 14.0 Å². The predicted molar refractivity (Wildman–Crippen MR) is 129 cm³/mol. The summed E-state index contributed by atoms with van der Waals surface area (Å²) in [7, 11) is 1.94. The van der Waals surface area contributed by atoms with Gasteiger partial charge >= 0.3 is 0 Å². The van der Waals surface area contributed by atoms with E-state index in [1.807, 2.05) is 66.2 Å². The van der Waals surface area contributed by atoms with Crippen molar-refractivity contribution in [3.8, 4) is 17.4 Å². The summed E-state index contributed by atoms with van der Waals surface area (Å²) >= 11 is 1.03. The minimum Gasteiger partial charge on any atom is -0.486 e. The van der Waals surface area contributed by atoms with Crippen LogP contribution in [-0.4, -0.2) is 30.4 Å². The molecule has 9 heteroatoms. The normalized spacial score (nSPS) is 17.7. The first kappa shape index (κ1) is 22.0. The Hall–Kier alpha value is -3.85. The highest BCUT2D eigenvalue weighted by Crippen LogP contribution is 2.35. The lowest BCUT2D eigenvalue weighted by atomic mass is 9.99. The number of imidazole rings is 1. The summed E-state index contributed by atoms with van der Waals surface area (Å²) in [5.74, 6) is 2.43. The zero-order chi connectivity index (χ0) is 23.7. The second-order valence-electron chi connectivity index (χ2n) is 8.19. The molecule has 2 amide bonds. The van der Waals surface area contributed by atoms with Gasteiger partial charge in [0.2, 0.25) is 11.8 Å². The van der Waals surface area contributed by atoms with E-state index in [4.69, 9.17) is 9.47 Å². The fourth-order valence-electron chi connectivity index (χ4n) is 3.80. The van der Waals surface area contributed by atoms with Gasteiger partial charge in [0.05, 0.1) is 11.0 Å². The van der Waals surface area contributed by atoms with Gasteiger partial charge in [-0.05, 0) is 61.0 Å². The third-order valence-corrected chi connectivity index (χ3v) is 6.72. The summed E-state index contributed by atoms with van der Waals surface area (Å²) in [5, 5.41) is 2.05. The molecule has 2 aromatic heterocycles. The van der Waals surface area contributed by atoms with E-state index in [1.54, 1.807) is 19.2 Å². The van der Waals surface area contributed by atoms with E-state index in [2.05, 4.69) is 15.3 Å². The van der Waals surface area contributed by atoms with Crippen molar-refractivity contribution in [1.29, 1.82) is 0 Å². The summed E-state index contributed by atoms with van der Waals surface area (Å²) in [6, 6.07) is 18.8. The molecule has 3 heterocycles. The molecule has 172 valence electrons. The Bertz CT molecular complexity index is 1370. The minimum absolute atomic E-state index is 0.252. The molecule has 1 aliphatic heterocycles. The van der Waals surface area contributed by atoms with E-state index in [9.17, 15) is 9.59 Å². The predicted octanol–water partition coefficient (Wildman–Crippen LogP) is 4.62. The van der Waals surface area contributed by atoms with Gasteiger partial charge in [0.25, 0.3) is 5.24 Å². The number of benzene rings is 2. The van der Waals surface area contributed by atoms with Crippen molar-refractivity contribution in [2.45, 2.75) is 24.7 Å². The van der Waals surface area contributed by atoms with Gasteiger partial charge in [0.1, 0.15) is 28.7 Å². The second-order valence-corrected chi connectivity index (χ2v) is 9.67. The third kappa shape index (κ3) is 4.47. The zero-order valence-electron chi connectivity index (χ0n) is 18.6. The standard InChI is InChI=1S/C25H22N4O4S/c1-25(23(30)28-24(31)34-25)14-16-6-8-17(9-7-16)32-15-21-27-19-11-10-18(13-20(19)29(21)2)33-22-5-3-4-12-26-22/h3-13H,14-15H2,1-2H3,(H,28,30,31). The average Bonchev–Trinajstić information content (AvgIpc) is 3.27. The SMILES string of the molecule is Cn1c(COc2ccc(CC3(C)SC(=O)NC3=O)cc2)nc2ccc(Oc3ccccn3)cc21. The number of thioether (sulfide) groups is 1. The van der Waals surface area contributed by atoms with Crippen LogP contribution in [0, 0.1) is 0 Å². The molecule has 0 saturated carbocycles. The van der Waals surface area contributed by atoms with Crippen molar-refractivity contribution in [1.82, 2.24) is 19.9 Å². The molecule has 5 rings (SSSR count). The molecule has 1 N–H and O–H groups in total. The number of aromatic nitrogens is 3. The largest absolute Gasteiger partial charge is 0.486 e. The molecule has 0 bridgehead atoms. The molecule has 1 unspecified atom stereocenters. The van der Waals surface area contributed by atoms with E-state index in [0.29, 0.717) is 30.4 Å². The Morgan fingerprint density at radius 3 is 2.56 bits per heavy atom. The van der Waals surface area contributed by atoms with E-state index in [1.165, 1.54) is 0 Å². The molecule has 8 nitrogen and oxygen atoms in total. The van der Waals surface area contributed by atoms with Crippen LogP contribution >= 0.6 is 11.8 Å². The van der Waals surface area contributed by atoms with Gasteiger partial charge in [0, 0.05) is 25.4 Å². The molecule has 1 saturated heterocycles. The number of hydrogen-bond acceptors (Lipinski definition) is 7. The van der Waals surface area contributed by atoms with Gasteiger partial charge in [-0.2, -0.15) is 0 Å². The van der Waals surface area contributed by atoms with Crippen molar-refractivity contribution in [2.24, 2.45) is 7.05 Å². The number of imide groups is 1. The second kappa shape index (κ2) is 8.83. The number of pyridine rings is 1. The summed E-state index contributed by atoms with van der Waals surface area (Å²) in [5.41, 5.74) is 2.73. The number of carbonyl (C=O) groups is 2. The van der Waals surface area contributed by atoms with Crippen LogP contribution in [0.2, 0.25) is 0 Å². The molecule has 4 aromatic rings. The molecule has 0 spiro atoms. The Morgan fingerprint density at radius 1 is 1.06 bits per heavy atom. The van der Waals surface area contributed by atoms with Gasteiger partial charge in [0.15, 0.2) is 0 Å². The highest BCUT2D eigenvalue weighted by atomic mass is 32.2. The summed E-state index contributed by atoms with van der Waals surface area (Å²) in [6.45, 7) is 2.08. The van der Waals surface area contributed by atoms with E-state index < -0.39 is 4.75 Å². The third-order valence-electron chi connectivity index (χ3n) is 5.65. The van der Waals surface area contributed by atoms with Crippen LogP contribution in [-0.2, 0) is 24.9 Å². The quantitative estimate of drug-likeness (QED) is 0.417. The van der Waals surface area contributed by atoms with Crippen molar-refractivity contribution in [3.63, 3.8) is 0 Å². The topological polar surface area (TPSA) is 95.3 Å². The van der Waals surface area contributed by atoms with Crippen LogP contribution < -0.4 is 14.8 Å². The van der Waals surface area contributed by atoms with Crippen molar-refractivity contribution in [2.75, 3.05) is 0 Å². The fraction of sp³-hybridized carbons (Fsp3) is 0.200. The number of carbonyl (C=O) groups excluding carboxylic acids is 2. The first-order valence-electron chi connectivity index (χ1n) is 10.7. The number of amides is 2. The van der Waals surface area contributed by atoms with E-state index >= 15 is 0 Å². The number of nitrogens with zero attached hydrogens (tertiary/aromatic N) is 3. The lowest BCUT2D eigenvalue weighted by Crippen LogP contribution is -2.35. The average molecular weight is 475 g/mol. The highest BCUT2D eigenvalue weighted by molar-refractivity contribution is 8.16. The summed E-state index contributed by atoms with van der Waals surface area (Å²) < 4.78 is 13.0. The molecule has 0 radical (unpaired) electrons. The van der Waals surface area contributed by atoms with Crippen LogP contribution in [0.3, 0.4) is 0 Å². The smallest absolute Gasteiger partial charge is 0.286 e. The van der Waals surface area contributed by atoms with Gasteiger partial charge in [-0.25, -0.2) is 9.97 Å². The maximum Gasteiger partial charge on any atom is 0.286 e. The number of ether oxygens (including phenoxy) is 2. The molecule has 34 heavy (non-hydrogen) atoms. The van der Waals surface area contributed by atoms with Crippen LogP contribution in [0.15, 0.2) is 66.9 Å². The van der Waals surface area contributed by atoms with Gasteiger partial charge in [-0.3, -0.25) is 14.9 Å². The molecule has 0 aliphatic carbocycles. The van der Waals surface area contributed by atoms with Crippen LogP contribution in [0.4, 0.5) is 4.79 Å². The van der Waals surface area contributed by atoms with Crippen LogP contribution in [0.25, 0.3) is 11.0 Å². The molecule has 1 aliphatic rings. The number of rotatable bonds is 7. The van der Waals surface area contributed by atoms with E-state index in [0.717, 1.165) is 34.2 Å². The lowest BCUT2D eigenvalue weighted by Gasteiger charge is -2.18. The Kier molecular flexibility index (Phi) is 5.70. The number of fused-ring (bicyclic) bond motifs is 1. The van der Waals surface area contributed by atoms with Gasteiger partial charge in [-0.15, -0.1) is 0 Å². The zero-order valence-corrected chi connectivity index (χ0v) is 19.5. The molecule has 1 fully saturated rings. The number of hydrogen-bond donors (Lipinski definition) is 1. The maximum absolute atomic E-state index is 12.1. The Balaban J connectivity index is 1.25.